The van der Waals surface area contributed by atoms with Crippen molar-refractivity contribution < 1.29 is 14.3 Å². The van der Waals surface area contributed by atoms with Gasteiger partial charge in [0.15, 0.2) is 5.13 Å². The number of aromatic nitrogens is 1. The molecule has 0 radical (unpaired) electrons. The van der Waals surface area contributed by atoms with Gasteiger partial charge in [0.1, 0.15) is 0 Å². The smallest absolute Gasteiger partial charge is 0.267 e. The van der Waals surface area contributed by atoms with Gasteiger partial charge in [0.25, 0.3) is 5.91 Å². The van der Waals surface area contributed by atoms with Crippen LogP contribution in [0, 0.1) is 0 Å². The van der Waals surface area contributed by atoms with Crippen molar-refractivity contribution in [2.75, 3.05) is 18.5 Å². The summed E-state index contributed by atoms with van der Waals surface area (Å²) in [4.78, 5) is 31.3. The lowest BCUT2D eigenvalue weighted by Crippen LogP contribution is -2.50. The number of rotatable bonds is 4. The van der Waals surface area contributed by atoms with Gasteiger partial charge in [-0.25, -0.2) is 4.98 Å². The topological polar surface area (TPSA) is 71.5 Å². The van der Waals surface area contributed by atoms with E-state index in [2.05, 4.69) is 10.3 Å². The van der Waals surface area contributed by atoms with Crippen molar-refractivity contribution in [2.24, 2.45) is 0 Å². The van der Waals surface area contributed by atoms with E-state index in [0.717, 1.165) is 0 Å². The minimum Gasteiger partial charge on any atom is -0.375 e. The Balaban J connectivity index is 1.59. The number of anilines is 1. The molecular formula is C16H19N3O3S2. The molecule has 0 spiro atoms. The predicted molar refractivity (Wildman–Crippen MR) is 94.7 cm³/mol. The first kappa shape index (κ1) is 17.1. The quantitative estimate of drug-likeness (QED) is 0.904. The lowest BCUT2D eigenvalue weighted by Gasteiger charge is -2.36. The Labute approximate surface area is 148 Å². The van der Waals surface area contributed by atoms with E-state index in [1.54, 1.807) is 6.07 Å². The number of hydrogen-bond donors (Lipinski definition) is 1. The summed E-state index contributed by atoms with van der Waals surface area (Å²) in [7, 11) is 0. The van der Waals surface area contributed by atoms with Crippen LogP contribution in [-0.4, -0.2) is 47.0 Å². The minimum atomic E-state index is -0.173. The minimum absolute atomic E-state index is 0.0408. The average Bonchev–Trinajstić information content (AvgIpc) is 3.21. The SMILES string of the molecule is CC1CN(C(=O)Cc2csc(NC(=O)c3cccs3)n2)C(C)CO1. The zero-order valence-corrected chi connectivity index (χ0v) is 15.2. The van der Waals surface area contributed by atoms with Gasteiger partial charge in [-0.2, -0.15) is 0 Å². The van der Waals surface area contributed by atoms with Crippen molar-refractivity contribution in [1.82, 2.24) is 9.88 Å². The molecule has 8 heteroatoms. The molecule has 0 aliphatic carbocycles. The summed E-state index contributed by atoms with van der Waals surface area (Å²) >= 11 is 2.71. The average molecular weight is 365 g/mol. The molecule has 0 aromatic carbocycles. The summed E-state index contributed by atoms with van der Waals surface area (Å²) < 4.78 is 5.55. The highest BCUT2D eigenvalue weighted by Crippen LogP contribution is 2.20. The van der Waals surface area contributed by atoms with Gasteiger partial charge in [0, 0.05) is 11.9 Å². The number of carbonyl (C=O) groups excluding carboxylic acids is 2. The highest BCUT2D eigenvalue weighted by atomic mass is 32.1. The molecule has 2 atom stereocenters. The van der Waals surface area contributed by atoms with Crippen molar-refractivity contribution in [3.8, 4) is 0 Å². The molecule has 1 fully saturated rings. The zero-order valence-electron chi connectivity index (χ0n) is 13.5. The van der Waals surface area contributed by atoms with Crippen LogP contribution in [0.4, 0.5) is 5.13 Å². The van der Waals surface area contributed by atoms with E-state index in [1.165, 1.54) is 22.7 Å². The summed E-state index contributed by atoms with van der Waals surface area (Å²) in [5.41, 5.74) is 0.679. The molecular weight excluding hydrogens is 346 g/mol. The monoisotopic (exact) mass is 365 g/mol. The number of morpholine rings is 1. The molecule has 1 aliphatic heterocycles. The van der Waals surface area contributed by atoms with E-state index in [1.807, 2.05) is 35.6 Å². The number of amides is 2. The predicted octanol–water partition coefficient (Wildman–Crippen LogP) is 2.64. The van der Waals surface area contributed by atoms with Gasteiger partial charge in [-0.3, -0.25) is 14.9 Å². The van der Waals surface area contributed by atoms with Gasteiger partial charge in [0.2, 0.25) is 5.91 Å². The Bertz CT molecular complexity index is 714. The van der Waals surface area contributed by atoms with E-state index >= 15 is 0 Å². The summed E-state index contributed by atoms with van der Waals surface area (Å²) in [6.07, 6.45) is 0.295. The number of ether oxygens (including phenoxy) is 1. The van der Waals surface area contributed by atoms with E-state index in [9.17, 15) is 9.59 Å². The van der Waals surface area contributed by atoms with Crippen LogP contribution < -0.4 is 5.32 Å². The largest absolute Gasteiger partial charge is 0.375 e. The van der Waals surface area contributed by atoms with E-state index < -0.39 is 0 Å². The molecule has 2 aromatic heterocycles. The molecule has 2 unspecified atom stereocenters. The first-order chi connectivity index (χ1) is 11.5. The Kier molecular flexibility index (Phi) is 5.27. The number of thiazole rings is 1. The Hall–Kier alpha value is -1.77. The summed E-state index contributed by atoms with van der Waals surface area (Å²) in [5.74, 6) is -0.132. The highest BCUT2D eigenvalue weighted by molar-refractivity contribution is 7.14. The fourth-order valence-corrected chi connectivity index (χ4v) is 3.84. The zero-order chi connectivity index (χ0) is 17.1. The van der Waals surface area contributed by atoms with Crippen molar-refractivity contribution in [1.29, 1.82) is 0 Å². The van der Waals surface area contributed by atoms with Gasteiger partial charge in [-0.15, -0.1) is 22.7 Å². The Morgan fingerprint density at radius 1 is 1.42 bits per heavy atom. The summed E-state index contributed by atoms with van der Waals surface area (Å²) in [6.45, 7) is 5.11. The second-order valence-corrected chi connectivity index (χ2v) is 7.60. The molecule has 1 saturated heterocycles. The van der Waals surface area contributed by atoms with Crippen molar-refractivity contribution in [3.63, 3.8) is 0 Å². The fraction of sp³-hybridized carbons (Fsp3) is 0.438. The van der Waals surface area contributed by atoms with Crippen LogP contribution in [0.3, 0.4) is 0 Å². The van der Waals surface area contributed by atoms with Gasteiger partial charge in [0.05, 0.1) is 35.7 Å². The van der Waals surface area contributed by atoms with Crippen LogP contribution in [-0.2, 0) is 16.0 Å². The number of carbonyl (C=O) groups is 2. The Morgan fingerprint density at radius 2 is 2.25 bits per heavy atom. The van der Waals surface area contributed by atoms with Gasteiger partial charge < -0.3 is 9.64 Å². The van der Waals surface area contributed by atoms with E-state index in [-0.39, 0.29) is 30.4 Å². The number of hydrogen-bond acceptors (Lipinski definition) is 6. The van der Waals surface area contributed by atoms with Gasteiger partial charge in [-0.1, -0.05) is 6.07 Å². The highest BCUT2D eigenvalue weighted by Gasteiger charge is 2.27. The summed E-state index contributed by atoms with van der Waals surface area (Å²) in [6, 6.07) is 3.67. The van der Waals surface area contributed by atoms with Crippen LogP contribution >= 0.6 is 22.7 Å². The molecule has 0 bridgehead atoms. The summed E-state index contributed by atoms with van der Waals surface area (Å²) in [5, 5.41) is 6.95. The molecule has 0 saturated carbocycles. The standard InChI is InChI=1S/C16H19N3O3S2/c1-10-8-22-11(2)7-19(10)14(20)6-12-9-24-16(17-12)18-15(21)13-4-3-5-23-13/h3-5,9-11H,6-8H2,1-2H3,(H,17,18,21). The van der Waals surface area contributed by atoms with Crippen LogP contribution in [0.25, 0.3) is 0 Å². The van der Waals surface area contributed by atoms with Crippen molar-refractivity contribution in [2.45, 2.75) is 32.4 Å². The molecule has 3 heterocycles. The maximum absolute atomic E-state index is 12.5. The van der Waals surface area contributed by atoms with Crippen molar-refractivity contribution >= 4 is 39.6 Å². The van der Waals surface area contributed by atoms with Crippen LogP contribution in [0.5, 0.6) is 0 Å². The van der Waals surface area contributed by atoms with Crippen LogP contribution in [0.1, 0.15) is 29.2 Å². The number of nitrogens with one attached hydrogen (secondary N) is 1. The molecule has 24 heavy (non-hydrogen) atoms. The Morgan fingerprint density at radius 3 is 3.00 bits per heavy atom. The van der Waals surface area contributed by atoms with Gasteiger partial charge in [-0.05, 0) is 25.3 Å². The first-order valence-electron chi connectivity index (χ1n) is 7.73. The molecule has 2 amide bonds. The van der Waals surface area contributed by atoms with Crippen molar-refractivity contribution in [3.05, 3.63) is 33.5 Å². The molecule has 128 valence electrons. The lowest BCUT2D eigenvalue weighted by molar-refractivity contribution is -0.142. The van der Waals surface area contributed by atoms with Gasteiger partial charge >= 0.3 is 0 Å². The third kappa shape index (κ3) is 4.00. The first-order valence-corrected chi connectivity index (χ1v) is 9.49. The maximum Gasteiger partial charge on any atom is 0.267 e. The second kappa shape index (κ2) is 7.42. The van der Waals surface area contributed by atoms with E-state index in [0.29, 0.717) is 28.9 Å². The lowest BCUT2D eigenvalue weighted by atomic mass is 10.2. The third-order valence-electron chi connectivity index (χ3n) is 3.78. The second-order valence-electron chi connectivity index (χ2n) is 5.79. The molecule has 2 aromatic rings. The fourth-order valence-electron chi connectivity index (χ4n) is 2.52. The number of thiophene rings is 1. The van der Waals surface area contributed by atoms with E-state index in [4.69, 9.17) is 4.74 Å². The normalized spacial score (nSPS) is 20.8. The molecule has 1 N–H and O–H groups in total. The molecule has 1 aliphatic rings. The van der Waals surface area contributed by atoms with Crippen LogP contribution in [0.2, 0.25) is 0 Å². The maximum atomic E-state index is 12.5. The molecule has 6 nitrogen and oxygen atoms in total. The third-order valence-corrected chi connectivity index (χ3v) is 5.45. The number of nitrogens with zero attached hydrogens (tertiary/aromatic N) is 2. The van der Waals surface area contributed by atoms with Crippen LogP contribution in [0.15, 0.2) is 22.9 Å². The molecule has 3 rings (SSSR count).